The standard InChI is InChI=1S/C21H21F4N3O2/c1-20(2,3)10-9-17(29)27-19-18(28-12-14(22)7-8-16(28)26-19)13-5-4-6-15(11-13)30-21(23,24)25/h4-8,11-12H,9-10H2,1-3H3,(H,27,29). The predicted molar refractivity (Wildman–Crippen MR) is 105 cm³/mol. The molecule has 0 aliphatic rings. The lowest BCUT2D eigenvalue weighted by Crippen LogP contribution is -2.17. The first-order valence-corrected chi connectivity index (χ1v) is 9.25. The number of fused-ring (bicyclic) bond motifs is 1. The number of nitrogens with zero attached hydrogens (tertiary/aromatic N) is 2. The van der Waals surface area contributed by atoms with Crippen LogP contribution in [0.5, 0.6) is 5.75 Å². The second-order valence-corrected chi connectivity index (χ2v) is 8.07. The Kier molecular flexibility index (Phi) is 5.74. The lowest BCUT2D eigenvalue weighted by Gasteiger charge is -2.17. The molecule has 3 aromatic rings. The Bertz CT molecular complexity index is 1070. The highest BCUT2D eigenvalue weighted by Crippen LogP contribution is 2.33. The molecule has 0 bridgehead atoms. The molecule has 0 spiro atoms. The third-order valence-electron chi connectivity index (χ3n) is 4.28. The number of alkyl halides is 3. The first-order valence-electron chi connectivity index (χ1n) is 9.25. The molecule has 160 valence electrons. The van der Waals surface area contributed by atoms with Crippen molar-refractivity contribution in [1.82, 2.24) is 9.38 Å². The zero-order valence-electron chi connectivity index (χ0n) is 16.7. The zero-order chi connectivity index (χ0) is 22.1. The Balaban J connectivity index is 2.02. The van der Waals surface area contributed by atoms with Crippen molar-refractivity contribution in [3.63, 3.8) is 0 Å². The van der Waals surface area contributed by atoms with Gasteiger partial charge in [0, 0.05) is 18.2 Å². The Labute approximate surface area is 170 Å². The fraction of sp³-hybridized carbons (Fsp3) is 0.333. The molecule has 2 aromatic heterocycles. The highest BCUT2D eigenvalue weighted by atomic mass is 19.4. The third kappa shape index (κ3) is 5.49. The van der Waals surface area contributed by atoms with Gasteiger partial charge in [-0.05, 0) is 36.1 Å². The van der Waals surface area contributed by atoms with E-state index in [-0.39, 0.29) is 34.8 Å². The van der Waals surface area contributed by atoms with Crippen LogP contribution < -0.4 is 10.1 Å². The number of hydrogen-bond donors (Lipinski definition) is 1. The van der Waals surface area contributed by atoms with E-state index in [1.807, 2.05) is 20.8 Å². The number of pyridine rings is 1. The van der Waals surface area contributed by atoms with Crippen molar-refractivity contribution in [3.8, 4) is 17.0 Å². The van der Waals surface area contributed by atoms with E-state index in [2.05, 4.69) is 15.0 Å². The van der Waals surface area contributed by atoms with Crippen molar-refractivity contribution >= 4 is 17.4 Å². The van der Waals surface area contributed by atoms with E-state index in [1.54, 1.807) is 0 Å². The van der Waals surface area contributed by atoms with Crippen molar-refractivity contribution in [1.29, 1.82) is 0 Å². The maximum atomic E-state index is 13.8. The molecule has 1 amide bonds. The van der Waals surface area contributed by atoms with E-state index in [1.165, 1.54) is 28.7 Å². The average Bonchev–Trinajstić information content (AvgIpc) is 2.95. The Hall–Kier alpha value is -3.10. The molecule has 5 nitrogen and oxygen atoms in total. The normalized spacial score (nSPS) is 12.2. The van der Waals surface area contributed by atoms with E-state index in [0.29, 0.717) is 12.1 Å². The van der Waals surface area contributed by atoms with Gasteiger partial charge in [0.1, 0.15) is 17.2 Å². The number of nitrogens with one attached hydrogen (secondary N) is 1. The van der Waals surface area contributed by atoms with E-state index < -0.39 is 17.9 Å². The van der Waals surface area contributed by atoms with Gasteiger partial charge in [-0.15, -0.1) is 13.2 Å². The van der Waals surface area contributed by atoms with E-state index in [4.69, 9.17) is 0 Å². The highest BCUT2D eigenvalue weighted by Gasteiger charge is 2.31. The molecule has 2 heterocycles. The molecule has 0 saturated heterocycles. The Morgan fingerprint density at radius 2 is 1.90 bits per heavy atom. The van der Waals surface area contributed by atoms with Crippen molar-refractivity contribution in [2.45, 2.75) is 40.0 Å². The van der Waals surface area contributed by atoms with Gasteiger partial charge in [-0.3, -0.25) is 9.20 Å². The molecule has 0 aliphatic heterocycles. The SMILES string of the molecule is CC(C)(C)CCC(=O)Nc1nc2ccc(F)cn2c1-c1cccc(OC(F)(F)F)c1. The topological polar surface area (TPSA) is 55.6 Å². The number of carbonyl (C=O) groups is 1. The predicted octanol–water partition coefficient (Wildman–Crippen LogP) is 5.80. The maximum absolute atomic E-state index is 13.8. The fourth-order valence-electron chi connectivity index (χ4n) is 2.91. The van der Waals surface area contributed by atoms with Crippen LogP contribution in [0.2, 0.25) is 0 Å². The van der Waals surface area contributed by atoms with Gasteiger partial charge in [0.15, 0.2) is 5.82 Å². The van der Waals surface area contributed by atoms with Crippen LogP contribution in [0.3, 0.4) is 0 Å². The van der Waals surface area contributed by atoms with Crippen molar-refractivity contribution in [2.24, 2.45) is 5.41 Å². The summed E-state index contributed by atoms with van der Waals surface area (Å²) in [6.07, 6.45) is -2.83. The fourth-order valence-corrected chi connectivity index (χ4v) is 2.91. The Morgan fingerprint density at radius 3 is 2.57 bits per heavy atom. The highest BCUT2D eigenvalue weighted by molar-refractivity contribution is 5.94. The van der Waals surface area contributed by atoms with Gasteiger partial charge in [-0.2, -0.15) is 0 Å². The van der Waals surface area contributed by atoms with Crippen LogP contribution in [0.25, 0.3) is 16.9 Å². The van der Waals surface area contributed by atoms with Crippen LogP contribution in [0.4, 0.5) is 23.4 Å². The average molecular weight is 423 g/mol. The largest absolute Gasteiger partial charge is 0.573 e. The van der Waals surface area contributed by atoms with Crippen molar-refractivity contribution < 1.29 is 27.1 Å². The van der Waals surface area contributed by atoms with Gasteiger partial charge in [-0.25, -0.2) is 9.37 Å². The summed E-state index contributed by atoms with van der Waals surface area (Å²) >= 11 is 0. The maximum Gasteiger partial charge on any atom is 0.573 e. The van der Waals surface area contributed by atoms with Crippen LogP contribution in [0.1, 0.15) is 33.6 Å². The van der Waals surface area contributed by atoms with Gasteiger partial charge in [0.2, 0.25) is 5.91 Å². The monoisotopic (exact) mass is 423 g/mol. The van der Waals surface area contributed by atoms with Crippen LogP contribution in [0.15, 0.2) is 42.6 Å². The second kappa shape index (κ2) is 7.97. The summed E-state index contributed by atoms with van der Waals surface area (Å²) in [4.78, 5) is 16.8. The number of amides is 1. The minimum absolute atomic E-state index is 0.0501. The molecule has 0 saturated carbocycles. The molecule has 0 fully saturated rings. The number of aromatic nitrogens is 2. The van der Waals surface area contributed by atoms with E-state index in [0.717, 1.165) is 18.3 Å². The van der Waals surface area contributed by atoms with Crippen molar-refractivity contribution in [2.75, 3.05) is 5.32 Å². The zero-order valence-corrected chi connectivity index (χ0v) is 16.7. The van der Waals surface area contributed by atoms with Crippen LogP contribution in [-0.2, 0) is 4.79 Å². The number of imidazole rings is 1. The minimum atomic E-state index is -4.85. The second-order valence-electron chi connectivity index (χ2n) is 8.07. The van der Waals surface area contributed by atoms with Crippen LogP contribution in [-0.4, -0.2) is 21.7 Å². The van der Waals surface area contributed by atoms with Gasteiger partial charge in [0.25, 0.3) is 0 Å². The number of benzene rings is 1. The lowest BCUT2D eigenvalue weighted by molar-refractivity contribution is -0.274. The number of rotatable bonds is 5. The molecule has 0 atom stereocenters. The molecule has 0 radical (unpaired) electrons. The number of anilines is 1. The number of halogens is 4. The quantitative estimate of drug-likeness (QED) is 0.528. The summed E-state index contributed by atoms with van der Waals surface area (Å²) in [6, 6.07) is 7.85. The van der Waals surface area contributed by atoms with E-state index >= 15 is 0 Å². The number of carbonyl (C=O) groups excluding carboxylic acids is 1. The van der Waals surface area contributed by atoms with Crippen LogP contribution in [0, 0.1) is 11.2 Å². The first kappa shape index (κ1) is 21.6. The first-order chi connectivity index (χ1) is 13.9. The van der Waals surface area contributed by atoms with Gasteiger partial charge < -0.3 is 10.1 Å². The summed E-state index contributed by atoms with van der Waals surface area (Å²) < 4.78 is 57.0. The van der Waals surface area contributed by atoms with Gasteiger partial charge in [0.05, 0.1) is 5.69 Å². The summed E-state index contributed by atoms with van der Waals surface area (Å²) in [5, 5.41) is 2.70. The summed E-state index contributed by atoms with van der Waals surface area (Å²) in [5.41, 5.74) is 0.813. The molecule has 0 unspecified atom stereocenters. The molecule has 3 rings (SSSR count). The molecule has 1 N–H and O–H groups in total. The molecular weight excluding hydrogens is 402 g/mol. The van der Waals surface area contributed by atoms with Gasteiger partial charge >= 0.3 is 6.36 Å². The van der Waals surface area contributed by atoms with Crippen LogP contribution >= 0.6 is 0 Å². The molecule has 1 aromatic carbocycles. The van der Waals surface area contributed by atoms with Gasteiger partial charge in [-0.1, -0.05) is 32.9 Å². The summed E-state index contributed by atoms with van der Waals surface area (Å²) in [6.45, 7) is 6.02. The number of ether oxygens (including phenoxy) is 1. The Morgan fingerprint density at radius 1 is 1.17 bits per heavy atom. The summed E-state index contributed by atoms with van der Waals surface area (Å²) in [5.74, 6) is -1.16. The van der Waals surface area contributed by atoms with Crippen molar-refractivity contribution in [3.05, 3.63) is 48.4 Å². The third-order valence-corrected chi connectivity index (χ3v) is 4.28. The minimum Gasteiger partial charge on any atom is -0.406 e. The van der Waals surface area contributed by atoms with E-state index in [9.17, 15) is 22.4 Å². The smallest absolute Gasteiger partial charge is 0.406 e. The molecule has 9 heteroatoms. The summed E-state index contributed by atoms with van der Waals surface area (Å²) in [7, 11) is 0. The number of hydrogen-bond acceptors (Lipinski definition) is 3. The molecule has 0 aliphatic carbocycles. The molecule has 30 heavy (non-hydrogen) atoms. The lowest BCUT2D eigenvalue weighted by atomic mass is 9.90. The molecular formula is C21H21F4N3O2.